The van der Waals surface area contributed by atoms with E-state index in [4.69, 9.17) is 4.74 Å². The number of benzene rings is 2. The van der Waals surface area contributed by atoms with Gasteiger partial charge in [-0.3, -0.25) is 4.79 Å². The number of ether oxygens (including phenoxy) is 1. The van der Waals surface area contributed by atoms with Gasteiger partial charge in [0.15, 0.2) is 5.82 Å². The molecule has 2 aromatic carbocycles. The Morgan fingerprint density at radius 2 is 1.77 bits per heavy atom. The molecule has 1 aliphatic rings. The third-order valence-corrected chi connectivity index (χ3v) is 5.38. The van der Waals surface area contributed by atoms with Crippen molar-refractivity contribution in [1.82, 2.24) is 10.2 Å². The monoisotopic (exact) mass is 403 g/mol. The van der Waals surface area contributed by atoms with E-state index in [0.717, 1.165) is 41.2 Å². The Morgan fingerprint density at radius 1 is 1.07 bits per heavy atom. The number of para-hydroxylation sites is 1. The van der Waals surface area contributed by atoms with Crippen LogP contribution in [0, 0.1) is 0 Å². The van der Waals surface area contributed by atoms with Crippen LogP contribution < -0.4 is 20.3 Å². The zero-order chi connectivity index (χ0) is 21.1. The number of carbonyl (C=O) groups is 1. The molecule has 1 aliphatic carbocycles. The van der Waals surface area contributed by atoms with Crippen molar-refractivity contribution in [1.29, 1.82) is 0 Å². The van der Waals surface area contributed by atoms with Crippen LogP contribution >= 0.6 is 0 Å². The summed E-state index contributed by atoms with van der Waals surface area (Å²) in [4.78, 5) is 15.0. The Hall–Kier alpha value is -3.61. The van der Waals surface area contributed by atoms with Gasteiger partial charge in [0.05, 0.1) is 24.4 Å². The summed E-state index contributed by atoms with van der Waals surface area (Å²) in [5.41, 5.74) is 3.01. The van der Waals surface area contributed by atoms with E-state index < -0.39 is 5.41 Å². The second kappa shape index (κ2) is 8.02. The molecule has 0 spiro atoms. The van der Waals surface area contributed by atoms with Crippen molar-refractivity contribution in [2.45, 2.75) is 18.3 Å². The zero-order valence-electron chi connectivity index (χ0n) is 17.3. The summed E-state index contributed by atoms with van der Waals surface area (Å²) in [5.74, 6) is 1.41. The third-order valence-electron chi connectivity index (χ3n) is 5.38. The van der Waals surface area contributed by atoms with Crippen LogP contribution in [0.1, 0.15) is 18.4 Å². The highest BCUT2D eigenvalue weighted by Gasteiger charge is 2.52. The van der Waals surface area contributed by atoms with Gasteiger partial charge < -0.3 is 20.3 Å². The molecule has 4 rings (SSSR count). The second-order valence-electron chi connectivity index (χ2n) is 7.63. The van der Waals surface area contributed by atoms with Crippen molar-refractivity contribution in [2.24, 2.45) is 0 Å². The number of aromatic nitrogens is 2. The molecular weight excluding hydrogens is 378 g/mol. The van der Waals surface area contributed by atoms with E-state index in [9.17, 15) is 4.79 Å². The molecule has 7 nitrogen and oxygen atoms in total. The molecule has 0 unspecified atom stereocenters. The van der Waals surface area contributed by atoms with Crippen molar-refractivity contribution in [2.75, 3.05) is 36.7 Å². The molecule has 1 amide bonds. The highest BCUT2D eigenvalue weighted by atomic mass is 16.5. The van der Waals surface area contributed by atoms with E-state index in [-0.39, 0.29) is 5.91 Å². The lowest BCUT2D eigenvalue weighted by Gasteiger charge is -2.18. The Kier molecular flexibility index (Phi) is 5.27. The maximum atomic E-state index is 13.0. The number of rotatable bonds is 7. The zero-order valence-corrected chi connectivity index (χ0v) is 17.3. The second-order valence-corrected chi connectivity index (χ2v) is 7.63. The van der Waals surface area contributed by atoms with Gasteiger partial charge in [-0.15, -0.1) is 5.10 Å². The minimum Gasteiger partial charge on any atom is -0.496 e. The minimum atomic E-state index is -0.508. The normalized spacial score (nSPS) is 14.0. The van der Waals surface area contributed by atoms with Crippen molar-refractivity contribution < 1.29 is 9.53 Å². The number of amides is 1. The topological polar surface area (TPSA) is 79.4 Å². The molecule has 0 atom stereocenters. The molecule has 154 valence electrons. The molecule has 30 heavy (non-hydrogen) atoms. The first kappa shape index (κ1) is 19.7. The van der Waals surface area contributed by atoms with Crippen LogP contribution in [0.3, 0.4) is 0 Å². The van der Waals surface area contributed by atoms with Gasteiger partial charge in [0.2, 0.25) is 5.91 Å². The van der Waals surface area contributed by atoms with Crippen molar-refractivity contribution >= 4 is 28.8 Å². The fourth-order valence-corrected chi connectivity index (χ4v) is 3.48. The number of anilines is 4. The van der Waals surface area contributed by atoms with E-state index in [1.165, 1.54) is 0 Å². The molecule has 1 saturated carbocycles. The van der Waals surface area contributed by atoms with Crippen LogP contribution in [0.5, 0.6) is 5.75 Å². The Bertz CT molecular complexity index is 1050. The minimum absolute atomic E-state index is 0.00254. The summed E-state index contributed by atoms with van der Waals surface area (Å²) in [5, 5.41) is 14.4. The largest absolute Gasteiger partial charge is 0.496 e. The highest BCUT2D eigenvalue weighted by Crippen LogP contribution is 2.52. The van der Waals surface area contributed by atoms with Crippen LogP contribution in [-0.4, -0.2) is 37.3 Å². The molecule has 2 N–H and O–H groups in total. The van der Waals surface area contributed by atoms with Crippen LogP contribution in [-0.2, 0) is 10.2 Å². The standard InChI is InChI=1S/C23H25N5O2/c1-28(2)18-14-21(27-24-15-18)25-16-8-10-17(11-9-16)26-22(29)23(12-13-23)19-6-4-5-7-20(19)30-3/h4-11,14-15H,12-13H2,1-3H3,(H,25,27)(H,26,29). The first-order valence-electron chi connectivity index (χ1n) is 9.84. The first-order valence-corrected chi connectivity index (χ1v) is 9.84. The predicted molar refractivity (Wildman–Crippen MR) is 119 cm³/mol. The number of hydrogen-bond donors (Lipinski definition) is 2. The maximum absolute atomic E-state index is 13.0. The number of nitrogens with one attached hydrogen (secondary N) is 2. The fraction of sp³-hybridized carbons (Fsp3) is 0.261. The summed E-state index contributed by atoms with van der Waals surface area (Å²) < 4.78 is 5.47. The van der Waals surface area contributed by atoms with E-state index in [1.807, 2.05) is 73.6 Å². The van der Waals surface area contributed by atoms with Crippen molar-refractivity contribution in [3.63, 3.8) is 0 Å². The van der Waals surface area contributed by atoms with Crippen LogP contribution in [0.2, 0.25) is 0 Å². The number of hydrogen-bond acceptors (Lipinski definition) is 6. The summed E-state index contributed by atoms with van der Waals surface area (Å²) in [6.07, 6.45) is 3.35. The molecule has 1 fully saturated rings. The average molecular weight is 403 g/mol. The lowest BCUT2D eigenvalue weighted by atomic mass is 9.94. The van der Waals surface area contributed by atoms with Gasteiger partial charge in [0.1, 0.15) is 5.75 Å². The lowest BCUT2D eigenvalue weighted by molar-refractivity contribution is -0.118. The smallest absolute Gasteiger partial charge is 0.235 e. The molecule has 0 saturated heterocycles. The number of carbonyl (C=O) groups excluding carboxylic acids is 1. The van der Waals surface area contributed by atoms with Crippen LogP contribution in [0.15, 0.2) is 60.8 Å². The SMILES string of the molecule is COc1ccccc1C1(C(=O)Nc2ccc(Nc3cc(N(C)C)cnn3)cc2)CC1. The van der Waals surface area contributed by atoms with Crippen molar-refractivity contribution in [3.05, 3.63) is 66.4 Å². The number of nitrogens with zero attached hydrogens (tertiary/aromatic N) is 3. The van der Waals surface area contributed by atoms with Gasteiger partial charge in [-0.1, -0.05) is 18.2 Å². The van der Waals surface area contributed by atoms with E-state index in [0.29, 0.717) is 5.82 Å². The maximum Gasteiger partial charge on any atom is 0.235 e. The summed E-state index contributed by atoms with van der Waals surface area (Å²) >= 11 is 0. The lowest BCUT2D eigenvalue weighted by Crippen LogP contribution is -2.28. The van der Waals surface area contributed by atoms with Crippen molar-refractivity contribution in [3.8, 4) is 5.75 Å². The van der Waals surface area contributed by atoms with Gasteiger partial charge in [0, 0.05) is 37.1 Å². The van der Waals surface area contributed by atoms with Crippen LogP contribution in [0.4, 0.5) is 22.9 Å². The van der Waals surface area contributed by atoms with Gasteiger partial charge in [-0.05, 0) is 43.2 Å². The van der Waals surface area contributed by atoms with Gasteiger partial charge in [-0.2, -0.15) is 5.10 Å². The van der Waals surface area contributed by atoms with E-state index in [2.05, 4.69) is 20.8 Å². The Labute approximate surface area is 176 Å². The quantitative estimate of drug-likeness (QED) is 0.622. The molecule has 0 aliphatic heterocycles. The number of methoxy groups -OCH3 is 1. The van der Waals surface area contributed by atoms with Crippen LogP contribution in [0.25, 0.3) is 0 Å². The van der Waals surface area contributed by atoms with Gasteiger partial charge in [-0.25, -0.2) is 0 Å². The van der Waals surface area contributed by atoms with Gasteiger partial charge in [0.25, 0.3) is 0 Å². The molecule has 1 aromatic heterocycles. The predicted octanol–water partition coefficient (Wildman–Crippen LogP) is 3.97. The first-order chi connectivity index (χ1) is 14.5. The fourth-order valence-electron chi connectivity index (χ4n) is 3.48. The Balaban J connectivity index is 1.45. The molecule has 1 heterocycles. The average Bonchev–Trinajstić information content (AvgIpc) is 3.57. The van der Waals surface area contributed by atoms with E-state index >= 15 is 0 Å². The molecule has 0 radical (unpaired) electrons. The highest BCUT2D eigenvalue weighted by molar-refractivity contribution is 6.02. The molecular formula is C23H25N5O2. The third kappa shape index (κ3) is 3.91. The summed E-state index contributed by atoms with van der Waals surface area (Å²) in [7, 11) is 5.54. The van der Waals surface area contributed by atoms with E-state index in [1.54, 1.807) is 13.3 Å². The molecule has 0 bridgehead atoms. The summed E-state index contributed by atoms with van der Waals surface area (Å²) in [6.45, 7) is 0. The van der Waals surface area contributed by atoms with Gasteiger partial charge >= 0.3 is 0 Å². The molecule has 3 aromatic rings. The Morgan fingerprint density at radius 3 is 2.43 bits per heavy atom. The summed E-state index contributed by atoms with van der Waals surface area (Å²) in [6, 6.07) is 17.2. The molecule has 7 heteroatoms.